The number of anilines is 1. The zero-order valence-electron chi connectivity index (χ0n) is 10.3. The molecule has 0 bridgehead atoms. The molecule has 0 radical (unpaired) electrons. The number of hydrogen-bond donors (Lipinski definition) is 2. The molecule has 0 atom stereocenters. The molecule has 0 aliphatic carbocycles. The summed E-state index contributed by atoms with van der Waals surface area (Å²) < 4.78 is 0.733. The van der Waals surface area contributed by atoms with Crippen molar-refractivity contribution in [2.75, 3.05) is 11.9 Å². The minimum atomic E-state index is -0.150. The van der Waals surface area contributed by atoms with Gasteiger partial charge in [-0.15, -0.1) is 0 Å². The maximum atomic E-state index is 12.0. The van der Waals surface area contributed by atoms with Crippen LogP contribution in [0.3, 0.4) is 0 Å². The van der Waals surface area contributed by atoms with Crippen LogP contribution in [-0.4, -0.2) is 17.4 Å². The average Bonchev–Trinajstić information content (AvgIpc) is 2.42. The van der Waals surface area contributed by atoms with Crippen LogP contribution in [0.4, 0.5) is 5.69 Å². The van der Waals surface area contributed by atoms with Crippen LogP contribution in [0.15, 0.2) is 47.2 Å². The van der Waals surface area contributed by atoms with E-state index >= 15 is 0 Å². The van der Waals surface area contributed by atoms with Crippen LogP contribution >= 0.6 is 15.9 Å². The Morgan fingerprint density at radius 3 is 2.53 bits per heavy atom. The Kier molecular flexibility index (Phi) is 4.65. The highest BCUT2D eigenvalue weighted by atomic mass is 79.9. The molecule has 2 rings (SSSR count). The van der Waals surface area contributed by atoms with Crippen LogP contribution in [0.1, 0.15) is 15.9 Å². The summed E-state index contributed by atoms with van der Waals surface area (Å²) in [4.78, 5) is 16.0. The summed E-state index contributed by atoms with van der Waals surface area (Å²) in [5, 5.41) is 2.79. The van der Waals surface area contributed by atoms with E-state index in [-0.39, 0.29) is 5.91 Å². The summed E-state index contributed by atoms with van der Waals surface area (Å²) in [6.07, 6.45) is 2.42. The van der Waals surface area contributed by atoms with E-state index in [2.05, 4.69) is 26.2 Å². The van der Waals surface area contributed by atoms with Gasteiger partial charge >= 0.3 is 0 Å². The number of rotatable bonds is 4. The predicted octanol–water partition coefficient (Wildman–Crippen LogP) is 2.60. The van der Waals surface area contributed by atoms with Gasteiger partial charge in [0, 0.05) is 5.56 Å². The first-order chi connectivity index (χ1) is 9.19. The zero-order valence-corrected chi connectivity index (χ0v) is 11.9. The Hall–Kier alpha value is -1.72. The molecule has 5 heteroatoms. The van der Waals surface area contributed by atoms with E-state index in [1.54, 1.807) is 30.5 Å². The molecule has 3 N–H and O–H groups in total. The molecule has 1 aromatic heterocycles. The van der Waals surface area contributed by atoms with E-state index in [9.17, 15) is 4.79 Å². The fourth-order valence-corrected chi connectivity index (χ4v) is 1.88. The van der Waals surface area contributed by atoms with Crippen LogP contribution in [0, 0.1) is 0 Å². The quantitative estimate of drug-likeness (QED) is 0.851. The number of halogens is 1. The van der Waals surface area contributed by atoms with Crippen molar-refractivity contribution in [1.82, 2.24) is 4.98 Å². The van der Waals surface area contributed by atoms with Gasteiger partial charge in [-0.1, -0.05) is 12.1 Å². The molecular weight excluding hydrogens is 306 g/mol. The lowest BCUT2D eigenvalue weighted by Gasteiger charge is -2.06. The van der Waals surface area contributed by atoms with Crippen molar-refractivity contribution in [3.05, 3.63) is 58.3 Å². The van der Waals surface area contributed by atoms with E-state index in [1.165, 1.54) is 0 Å². The number of carbonyl (C=O) groups excluding carboxylic acids is 1. The number of carbonyl (C=O) groups is 1. The third-order valence-corrected chi connectivity index (χ3v) is 3.10. The molecule has 4 nitrogen and oxygen atoms in total. The highest BCUT2D eigenvalue weighted by Crippen LogP contribution is 2.12. The van der Waals surface area contributed by atoms with Gasteiger partial charge in [0.15, 0.2) is 0 Å². The van der Waals surface area contributed by atoms with Gasteiger partial charge in [0.2, 0.25) is 0 Å². The molecule has 1 aromatic carbocycles. The van der Waals surface area contributed by atoms with Gasteiger partial charge in [-0.2, -0.15) is 0 Å². The summed E-state index contributed by atoms with van der Waals surface area (Å²) >= 11 is 3.25. The predicted molar refractivity (Wildman–Crippen MR) is 79.1 cm³/mol. The first-order valence-electron chi connectivity index (χ1n) is 5.91. The maximum Gasteiger partial charge on any atom is 0.255 e. The average molecular weight is 320 g/mol. The van der Waals surface area contributed by atoms with Crippen molar-refractivity contribution < 1.29 is 4.79 Å². The fraction of sp³-hybridized carbons (Fsp3) is 0.143. The summed E-state index contributed by atoms with van der Waals surface area (Å²) in [7, 11) is 0. The first-order valence-corrected chi connectivity index (χ1v) is 6.70. The lowest BCUT2D eigenvalue weighted by Crippen LogP contribution is -2.12. The minimum Gasteiger partial charge on any atom is -0.330 e. The van der Waals surface area contributed by atoms with E-state index in [0.29, 0.717) is 17.8 Å². The molecule has 0 saturated heterocycles. The van der Waals surface area contributed by atoms with Crippen molar-refractivity contribution in [1.29, 1.82) is 0 Å². The van der Waals surface area contributed by atoms with Gasteiger partial charge in [-0.25, -0.2) is 4.98 Å². The Labute approximate surface area is 120 Å². The van der Waals surface area contributed by atoms with E-state index < -0.39 is 0 Å². The van der Waals surface area contributed by atoms with Gasteiger partial charge in [-0.05, 0) is 58.7 Å². The van der Waals surface area contributed by atoms with E-state index in [4.69, 9.17) is 5.73 Å². The first kappa shape index (κ1) is 13.7. The second kappa shape index (κ2) is 6.45. The lowest BCUT2D eigenvalue weighted by atomic mass is 10.1. The standard InChI is InChI=1S/C14H14BrN3O/c15-13-6-5-12(9-17-13)18-14(19)11-3-1-10(2-4-11)7-8-16/h1-6,9H,7-8,16H2,(H,18,19). The van der Waals surface area contributed by atoms with E-state index in [1.807, 2.05) is 12.1 Å². The normalized spacial score (nSPS) is 10.2. The highest BCUT2D eigenvalue weighted by Gasteiger charge is 2.06. The van der Waals surface area contributed by atoms with Crippen molar-refractivity contribution in [2.24, 2.45) is 5.73 Å². The molecule has 0 spiro atoms. The Morgan fingerprint density at radius 2 is 1.95 bits per heavy atom. The highest BCUT2D eigenvalue weighted by molar-refractivity contribution is 9.10. The zero-order chi connectivity index (χ0) is 13.7. The van der Waals surface area contributed by atoms with Crippen molar-refractivity contribution in [2.45, 2.75) is 6.42 Å². The number of nitrogens with two attached hydrogens (primary N) is 1. The molecule has 0 aliphatic heterocycles. The molecule has 19 heavy (non-hydrogen) atoms. The molecule has 98 valence electrons. The Morgan fingerprint density at radius 1 is 1.21 bits per heavy atom. The molecular formula is C14H14BrN3O. The third kappa shape index (κ3) is 3.87. The topological polar surface area (TPSA) is 68.0 Å². The summed E-state index contributed by atoms with van der Waals surface area (Å²) in [6.45, 7) is 0.607. The number of amides is 1. The second-order valence-corrected chi connectivity index (χ2v) is 4.87. The number of benzene rings is 1. The SMILES string of the molecule is NCCc1ccc(C(=O)Nc2ccc(Br)nc2)cc1. The van der Waals surface area contributed by atoms with Crippen LogP contribution in [0.5, 0.6) is 0 Å². The Bertz CT molecular complexity index is 552. The number of pyridine rings is 1. The molecule has 2 aromatic rings. The van der Waals surface area contributed by atoms with E-state index in [0.717, 1.165) is 16.6 Å². The van der Waals surface area contributed by atoms with Crippen molar-refractivity contribution in [3.63, 3.8) is 0 Å². The molecule has 0 aliphatic rings. The molecule has 1 amide bonds. The molecule has 1 heterocycles. The van der Waals surface area contributed by atoms with Gasteiger partial charge in [0.25, 0.3) is 5.91 Å². The van der Waals surface area contributed by atoms with Crippen LogP contribution < -0.4 is 11.1 Å². The third-order valence-electron chi connectivity index (χ3n) is 2.63. The maximum absolute atomic E-state index is 12.0. The van der Waals surface area contributed by atoms with Crippen molar-refractivity contribution >= 4 is 27.5 Å². The van der Waals surface area contributed by atoms with Crippen molar-refractivity contribution in [3.8, 4) is 0 Å². The smallest absolute Gasteiger partial charge is 0.255 e. The minimum absolute atomic E-state index is 0.150. The molecule has 0 saturated carbocycles. The summed E-state index contributed by atoms with van der Waals surface area (Å²) in [5.74, 6) is -0.150. The number of hydrogen-bond acceptors (Lipinski definition) is 3. The van der Waals surface area contributed by atoms with Crippen LogP contribution in [0.2, 0.25) is 0 Å². The summed E-state index contributed by atoms with van der Waals surface area (Å²) in [5.41, 5.74) is 7.89. The number of nitrogens with one attached hydrogen (secondary N) is 1. The van der Waals surface area contributed by atoms with Gasteiger partial charge in [-0.3, -0.25) is 4.79 Å². The largest absolute Gasteiger partial charge is 0.330 e. The lowest BCUT2D eigenvalue weighted by molar-refractivity contribution is 0.102. The van der Waals surface area contributed by atoms with Gasteiger partial charge < -0.3 is 11.1 Å². The number of aromatic nitrogens is 1. The monoisotopic (exact) mass is 319 g/mol. The fourth-order valence-electron chi connectivity index (χ4n) is 1.64. The number of nitrogens with zero attached hydrogens (tertiary/aromatic N) is 1. The molecule has 0 unspecified atom stereocenters. The Balaban J connectivity index is 2.05. The van der Waals surface area contributed by atoms with Gasteiger partial charge in [0.1, 0.15) is 4.60 Å². The van der Waals surface area contributed by atoms with Crippen LogP contribution in [0.25, 0.3) is 0 Å². The van der Waals surface area contributed by atoms with Crippen LogP contribution in [-0.2, 0) is 6.42 Å². The molecule has 0 fully saturated rings. The summed E-state index contributed by atoms with van der Waals surface area (Å²) in [6, 6.07) is 11.0. The second-order valence-electron chi connectivity index (χ2n) is 4.06. The van der Waals surface area contributed by atoms with Gasteiger partial charge in [0.05, 0.1) is 11.9 Å².